The van der Waals surface area contributed by atoms with Gasteiger partial charge in [-0.15, -0.1) is 0 Å². The smallest absolute Gasteiger partial charge is 0.162 e. The first-order valence-electron chi connectivity index (χ1n) is 5.84. The van der Waals surface area contributed by atoms with Gasteiger partial charge in [-0.2, -0.15) is 0 Å². The van der Waals surface area contributed by atoms with Crippen LogP contribution < -0.4 is 10.6 Å². The molecule has 1 fully saturated rings. The zero-order chi connectivity index (χ0) is 11.6. The lowest BCUT2D eigenvalue weighted by Gasteiger charge is -2.11. The van der Waals surface area contributed by atoms with Crippen molar-refractivity contribution in [3.63, 3.8) is 0 Å². The van der Waals surface area contributed by atoms with Crippen LogP contribution in [0.2, 0.25) is 0 Å². The summed E-state index contributed by atoms with van der Waals surface area (Å²) in [6, 6.07) is 9.34. The molecule has 0 amide bonds. The Balaban J connectivity index is 0.000000181. The van der Waals surface area contributed by atoms with Crippen LogP contribution >= 0.6 is 0 Å². The lowest BCUT2D eigenvalue weighted by atomic mass is 10.1. The SMILES string of the molecule is C1CNCCN1.CCC(=O)c1ccccc1. The van der Waals surface area contributed by atoms with Gasteiger partial charge in [-0.25, -0.2) is 0 Å². The second-order valence-corrected chi connectivity index (χ2v) is 3.64. The molecule has 0 aliphatic carbocycles. The van der Waals surface area contributed by atoms with Gasteiger partial charge in [-0.3, -0.25) is 4.79 Å². The molecule has 0 radical (unpaired) electrons. The fourth-order valence-electron chi connectivity index (χ4n) is 1.43. The minimum absolute atomic E-state index is 0.209. The quantitative estimate of drug-likeness (QED) is 0.741. The highest BCUT2D eigenvalue weighted by Gasteiger charge is 1.98. The standard InChI is InChI=1S/C9H10O.C4H10N2/c1-2-9(10)8-6-4-3-5-7-8;1-2-6-4-3-5-1/h3-7H,2H2,1H3;5-6H,1-4H2. The molecule has 0 aromatic heterocycles. The van der Waals surface area contributed by atoms with Crippen molar-refractivity contribution >= 4 is 5.78 Å². The Hall–Kier alpha value is -1.19. The van der Waals surface area contributed by atoms with Crippen LogP contribution in [0.1, 0.15) is 23.7 Å². The first kappa shape index (κ1) is 12.9. The predicted molar refractivity (Wildman–Crippen MR) is 66.8 cm³/mol. The molecule has 0 spiro atoms. The number of piperazine rings is 1. The van der Waals surface area contributed by atoms with Gasteiger partial charge in [0.25, 0.3) is 0 Å². The lowest BCUT2D eigenvalue weighted by molar-refractivity contribution is 0.0988. The highest BCUT2D eigenvalue weighted by molar-refractivity contribution is 5.95. The summed E-state index contributed by atoms with van der Waals surface area (Å²) >= 11 is 0. The van der Waals surface area contributed by atoms with E-state index in [0.29, 0.717) is 6.42 Å². The van der Waals surface area contributed by atoms with Crippen molar-refractivity contribution in [1.29, 1.82) is 0 Å². The summed E-state index contributed by atoms with van der Waals surface area (Å²) in [6.07, 6.45) is 0.587. The monoisotopic (exact) mass is 220 g/mol. The number of hydrogen-bond donors (Lipinski definition) is 2. The van der Waals surface area contributed by atoms with Gasteiger partial charge in [-0.1, -0.05) is 37.3 Å². The van der Waals surface area contributed by atoms with Gasteiger partial charge in [0.2, 0.25) is 0 Å². The van der Waals surface area contributed by atoms with E-state index in [1.54, 1.807) is 0 Å². The molecule has 0 unspecified atom stereocenters. The maximum atomic E-state index is 11.0. The van der Waals surface area contributed by atoms with Gasteiger partial charge in [0.1, 0.15) is 0 Å². The summed E-state index contributed by atoms with van der Waals surface area (Å²) in [6.45, 7) is 6.43. The minimum Gasteiger partial charge on any atom is -0.314 e. The number of hydrogen-bond acceptors (Lipinski definition) is 3. The van der Waals surface area contributed by atoms with Crippen LogP contribution in [0.5, 0.6) is 0 Å². The van der Waals surface area contributed by atoms with Crippen LogP contribution in [0, 0.1) is 0 Å². The Morgan fingerprint density at radius 2 is 1.56 bits per heavy atom. The predicted octanol–water partition coefficient (Wildman–Crippen LogP) is 1.46. The van der Waals surface area contributed by atoms with Crippen LogP contribution in [0.15, 0.2) is 30.3 Å². The van der Waals surface area contributed by atoms with Crippen molar-refractivity contribution in [1.82, 2.24) is 10.6 Å². The van der Waals surface area contributed by atoms with Gasteiger partial charge in [-0.05, 0) is 0 Å². The van der Waals surface area contributed by atoms with E-state index in [2.05, 4.69) is 10.6 Å². The number of rotatable bonds is 2. The van der Waals surface area contributed by atoms with E-state index < -0.39 is 0 Å². The zero-order valence-electron chi connectivity index (χ0n) is 9.83. The molecule has 16 heavy (non-hydrogen) atoms. The molecule has 2 N–H and O–H groups in total. The largest absolute Gasteiger partial charge is 0.314 e. The number of benzene rings is 1. The highest BCUT2D eigenvalue weighted by Crippen LogP contribution is 2.01. The molecule has 0 atom stereocenters. The van der Waals surface area contributed by atoms with Gasteiger partial charge >= 0.3 is 0 Å². The van der Waals surface area contributed by atoms with E-state index in [9.17, 15) is 4.79 Å². The summed E-state index contributed by atoms with van der Waals surface area (Å²) in [7, 11) is 0. The molecular formula is C13H20N2O. The maximum Gasteiger partial charge on any atom is 0.162 e. The molecule has 1 aliphatic rings. The molecule has 1 aromatic carbocycles. The molecule has 3 heteroatoms. The summed E-state index contributed by atoms with van der Waals surface area (Å²) in [5.74, 6) is 0.209. The summed E-state index contributed by atoms with van der Waals surface area (Å²) in [5, 5.41) is 6.44. The fraction of sp³-hybridized carbons (Fsp3) is 0.462. The molecule has 0 saturated carbocycles. The second-order valence-electron chi connectivity index (χ2n) is 3.64. The Kier molecular flexibility index (Phi) is 6.45. The highest BCUT2D eigenvalue weighted by atomic mass is 16.1. The van der Waals surface area contributed by atoms with Crippen LogP contribution in [-0.2, 0) is 0 Å². The van der Waals surface area contributed by atoms with E-state index in [-0.39, 0.29) is 5.78 Å². The number of ketones is 1. The van der Waals surface area contributed by atoms with Gasteiger partial charge < -0.3 is 10.6 Å². The van der Waals surface area contributed by atoms with Crippen LogP contribution in [-0.4, -0.2) is 32.0 Å². The van der Waals surface area contributed by atoms with Crippen molar-refractivity contribution in [2.75, 3.05) is 26.2 Å². The van der Waals surface area contributed by atoms with E-state index in [4.69, 9.17) is 0 Å². The van der Waals surface area contributed by atoms with Gasteiger partial charge in [0, 0.05) is 38.2 Å². The molecule has 1 saturated heterocycles. The molecule has 0 bridgehead atoms. The molecular weight excluding hydrogens is 200 g/mol. The first-order chi connectivity index (χ1) is 7.84. The Bertz CT molecular complexity index is 283. The van der Waals surface area contributed by atoms with Crippen molar-refractivity contribution in [3.8, 4) is 0 Å². The van der Waals surface area contributed by atoms with Crippen LogP contribution in [0.3, 0.4) is 0 Å². The zero-order valence-corrected chi connectivity index (χ0v) is 9.83. The average Bonchev–Trinajstić information content (AvgIpc) is 2.41. The Morgan fingerprint density at radius 1 is 1.06 bits per heavy atom. The van der Waals surface area contributed by atoms with Gasteiger partial charge in [0.15, 0.2) is 5.78 Å². The number of carbonyl (C=O) groups is 1. The van der Waals surface area contributed by atoms with E-state index in [0.717, 1.165) is 31.7 Å². The topological polar surface area (TPSA) is 41.1 Å². The van der Waals surface area contributed by atoms with Crippen molar-refractivity contribution < 1.29 is 4.79 Å². The van der Waals surface area contributed by atoms with Crippen molar-refractivity contribution in [2.45, 2.75) is 13.3 Å². The molecule has 3 nitrogen and oxygen atoms in total. The van der Waals surface area contributed by atoms with E-state index in [1.165, 1.54) is 0 Å². The number of carbonyl (C=O) groups excluding carboxylic acids is 1. The maximum absolute atomic E-state index is 11.0. The normalized spacial score (nSPS) is 14.8. The number of Topliss-reactive ketones (excluding diaryl/α,β-unsaturated/α-hetero) is 1. The summed E-state index contributed by atoms with van der Waals surface area (Å²) in [4.78, 5) is 11.0. The molecule has 1 aromatic rings. The Labute approximate surface area is 97.2 Å². The van der Waals surface area contributed by atoms with Crippen molar-refractivity contribution in [3.05, 3.63) is 35.9 Å². The van der Waals surface area contributed by atoms with Crippen LogP contribution in [0.25, 0.3) is 0 Å². The number of nitrogens with one attached hydrogen (secondary N) is 2. The molecule has 1 aliphatic heterocycles. The van der Waals surface area contributed by atoms with Crippen molar-refractivity contribution in [2.24, 2.45) is 0 Å². The minimum atomic E-state index is 0.209. The first-order valence-corrected chi connectivity index (χ1v) is 5.84. The molecule has 88 valence electrons. The Morgan fingerprint density at radius 3 is 1.94 bits per heavy atom. The second kappa shape index (κ2) is 8.02. The molecule has 2 rings (SSSR count). The van der Waals surface area contributed by atoms with Gasteiger partial charge in [0.05, 0.1) is 0 Å². The third-order valence-corrected chi connectivity index (χ3v) is 2.37. The lowest BCUT2D eigenvalue weighted by Crippen LogP contribution is -2.39. The average molecular weight is 220 g/mol. The fourth-order valence-corrected chi connectivity index (χ4v) is 1.43. The van der Waals surface area contributed by atoms with E-state index in [1.807, 2.05) is 37.3 Å². The third-order valence-electron chi connectivity index (χ3n) is 2.37. The van der Waals surface area contributed by atoms with Crippen LogP contribution in [0.4, 0.5) is 0 Å². The third kappa shape index (κ3) is 5.05. The summed E-state index contributed by atoms with van der Waals surface area (Å²) < 4.78 is 0. The summed E-state index contributed by atoms with van der Waals surface area (Å²) in [5.41, 5.74) is 0.810. The van der Waals surface area contributed by atoms with E-state index >= 15 is 0 Å². The molecule has 1 heterocycles.